The summed E-state index contributed by atoms with van der Waals surface area (Å²) in [5.74, 6) is -0.371. The van der Waals surface area contributed by atoms with Gasteiger partial charge >= 0.3 is 5.97 Å². The van der Waals surface area contributed by atoms with Crippen LogP contribution in [0.1, 0.15) is 86.0 Å². The minimum Gasteiger partial charge on any atom is -0.458 e. The lowest BCUT2D eigenvalue weighted by molar-refractivity contribution is -0.184. The summed E-state index contributed by atoms with van der Waals surface area (Å²) in [6, 6.07) is 0. The van der Waals surface area contributed by atoms with Gasteiger partial charge in [-0.25, -0.2) is 0 Å². The van der Waals surface area contributed by atoms with Gasteiger partial charge in [0.1, 0.15) is 5.60 Å². The molecule has 0 aliphatic heterocycles. The number of carbonyl (C=O) groups excluding carboxylic acids is 3. The molecule has 0 saturated heterocycles. The topological polar surface area (TPSA) is 101 Å². The first-order valence-electron chi connectivity index (χ1n) is 12.5. The van der Waals surface area contributed by atoms with E-state index in [4.69, 9.17) is 4.74 Å². The molecule has 4 aliphatic carbocycles. The van der Waals surface area contributed by atoms with Crippen LogP contribution in [-0.2, 0) is 19.1 Å². The lowest BCUT2D eigenvalue weighted by Crippen LogP contribution is -2.62. The molecule has 0 spiro atoms. The van der Waals surface area contributed by atoms with Crippen LogP contribution in [0.4, 0.5) is 0 Å². The molecule has 2 N–H and O–H groups in total. The molecule has 4 unspecified atom stereocenters. The number of fused-ring (bicyclic) bond motifs is 5. The van der Waals surface area contributed by atoms with Crippen molar-refractivity contribution < 1.29 is 29.3 Å². The Labute approximate surface area is 197 Å². The average molecular weight is 461 g/mol. The van der Waals surface area contributed by atoms with E-state index in [9.17, 15) is 24.6 Å². The first-order chi connectivity index (χ1) is 15.2. The summed E-state index contributed by atoms with van der Waals surface area (Å²) in [5, 5.41) is 23.1. The minimum absolute atomic E-state index is 0.0331. The Hall–Kier alpha value is -1.53. The molecule has 4 aliphatic rings. The number of esters is 1. The predicted molar refractivity (Wildman–Crippen MR) is 123 cm³/mol. The Morgan fingerprint density at radius 2 is 1.85 bits per heavy atom. The summed E-state index contributed by atoms with van der Waals surface area (Å²) in [6.45, 7) is 9.50. The van der Waals surface area contributed by atoms with E-state index in [1.54, 1.807) is 6.08 Å². The van der Waals surface area contributed by atoms with Crippen LogP contribution in [0.2, 0.25) is 0 Å². The van der Waals surface area contributed by atoms with E-state index in [1.807, 2.05) is 27.7 Å². The van der Waals surface area contributed by atoms with E-state index in [2.05, 4.69) is 6.92 Å². The molecule has 33 heavy (non-hydrogen) atoms. The van der Waals surface area contributed by atoms with Crippen molar-refractivity contribution in [2.45, 2.75) is 97.7 Å². The van der Waals surface area contributed by atoms with Crippen LogP contribution >= 0.6 is 0 Å². The van der Waals surface area contributed by atoms with Crippen molar-refractivity contribution in [1.82, 2.24) is 0 Å². The Morgan fingerprint density at radius 3 is 2.52 bits per heavy atom. The van der Waals surface area contributed by atoms with Gasteiger partial charge in [0.25, 0.3) is 0 Å². The Morgan fingerprint density at radius 1 is 1.15 bits per heavy atom. The van der Waals surface area contributed by atoms with E-state index < -0.39 is 35.5 Å². The maximum absolute atomic E-state index is 13.2. The molecule has 6 nitrogen and oxygen atoms in total. The van der Waals surface area contributed by atoms with Crippen LogP contribution in [0, 0.1) is 34.0 Å². The van der Waals surface area contributed by atoms with E-state index in [1.165, 1.54) is 0 Å². The Bertz CT molecular complexity index is 884. The van der Waals surface area contributed by atoms with Crippen molar-refractivity contribution in [3.05, 3.63) is 11.6 Å². The SMILES string of the molecule is CC(C)(C)CC(=O)OCC(=O)[C@@]1(O)CC[C@H]2C3CCC4=CC(=O)CCC4(C)[C@H]3C(O)CC21C. The minimum atomic E-state index is -1.61. The van der Waals surface area contributed by atoms with Crippen LogP contribution in [0.15, 0.2) is 11.6 Å². The van der Waals surface area contributed by atoms with Crippen LogP contribution in [0.3, 0.4) is 0 Å². The van der Waals surface area contributed by atoms with Crippen molar-refractivity contribution in [3.8, 4) is 0 Å². The van der Waals surface area contributed by atoms with Crippen molar-refractivity contribution in [2.75, 3.05) is 6.61 Å². The highest BCUT2D eigenvalue weighted by Gasteiger charge is 2.68. The standard InChI is InChI=1S/C27H40O6/c1-24(2,3)14-22(31)33-15-21(30)27(32)11-9-19-18-7-6-16-12-17(28)8-10-25(16,4)23(18)20(29)13-26(19,27)5/h12,18-20,23,29,32H,6-11,13-15H2,1-5H3/t18?,19-,20?,23+,25?,26?,27-/m0/s1. The molecule has 3 saturated carbocycles. The molecule has 184 valence electrons. The summed E-state index contributed by atoms with van der Waals surface area (Å²) >= 11 is 0. The largest absolute Gasteiger partial charge is 0.458 e. The highest BCUT2D eigenvalue weighted by atomic mass is 16.5. The maximum atomic E-state index is 13.2. The molecule has 7 atom stereocenters. The number of hydrogen-bond acceptors (Lipinski definition) is 6. The zero-order valence-electron chi connectivity index (χ0n) is 20.8. The van der Waals surface area contributed by atoms with E-state index in [0.717, 1.165) is 31.3 Å². The van der Waals surface area contributed by atoms with Crippen molar-refractivity contribution in [3.63, 3.8) is 0 Å². The second-order valence-electron chi connectivity index (χ2n) is 12.8. The Kier molecular flexibility index (Phi) is 5.97. The number of ketones is 2. The van der Waals surface area contributed by atoms with Gasteiger partial charge in [0.15, 0.2) is 12.4 Å². The van der Waals surface area contributed by atoms with Crippen molar-refractivity contribution in [2.24, 2.45) is 34.0 Å². The molecule has 4 rings (SSSR count). The number of aliphatic hydroxyl groups is 2. The van der Waals surface area contributed by atoms with Gasteiger partial charge in [0.05, 0.1) is 12.5 Å². The molecule has 0 amide bonds. The fourth-order valence-corrected chi connectivity index (χ4v) is 7.90. The fourth-order valence-electron chi connectivity index (χ4n) is 7.90. The molecule has 0 aromatic rings. The molecular weight excluding hydrogens is 420 g/mol. The quantitative estimate of drug-likeness (QED) is 0.620. The van der Waals surface area contributed by atoms with E-state index in [0.29, 0.717) is 19.3 Å². The summed E-state index contributed by atoms with van der Waals surface area (Å²) in [5.41, 5.74) is -1.64. The van der Waals surface area contributed by atoms with Crippen LogP contribution in [-0.4, -0.2) is 46.1 Å². The molecule has 6 heteroatoms. The normalized spacial score (nSPS) is 42.6. The lowest BCUT2D eigenvalue weighted by atomic mass is 9.45. The lowest BCUT2D eigenvalue weighted by Gasteiger charge is -2.60. The first-order valence-corrected chi connectivity index (χ1v) is 12.5. The summed E-state index contributed by atoms with van der Waals surface area (Å²) in [7, 11) is 0. The molecule has 0 aromatic heterocycles. The third-order valence-corrected chi connectivity index (χ3v) is 9.55. The van der Waals surface area contributed by atoms with E-state index in [-0.39, 0.29) is 40.8 Å². The van der Waals surface area contributed by atoms with Gasteiger partial charge in [-0.3, -0.25) is 14.4 Å². The van der Waals surface area contributed by atoms with Crippen LogP contribution in [0.5, 0.6) is 0 Å². The third-order valence-electron chi connectivity index (χ3n) is 9.55. The maximum Gasteiger partial charge on any atom is 0.306 e. The first kappa shape index (κ1) is 24.6. The van der Waals surface area contributed by atoms with Gasteiger partial charge < -0.3 is 14.9 Å². The molecule has 0 bridgehead atoms. The number of aliphatic hydroxyl groups excluding tert-OH is 1. The number of hydrogen-bond donors (Lipinski definition) is 2. The number of allylic oxidation sites excluding steroid dienone is 1. The summed E-state index contributed by atoms with van der Waals surface area (Å²) < 4.78 is 5.26. The van der Waals surface area contributed by atoms with Crippen LogP contribution < -0.4 is 0 Å². The number of carbonyl (C=O) groups is 3. The van der Waals surface area contributed by atoms with Gasteiger partial charge in [0.2, 0.25) is 5.78 Å². The highest BCUT2D eigenvalue weighted by Crippen LogP contribution is 2.67. The molecule has 0 heterocycles. The van der Waals surface area contributed by atoms with Gasteiger partial charge in [-0.15, -0.1) is 0 Å². The number of ether oxygens (including phenoxy) is 1. The average Bonchev–Trinajstić information content (AvgIpc) is 2.96. The monoisotopic (exact) mass is 460 g/mol. The van der Waals surface area contributed by atoms with Gasteiger partial charge in [-0.2, -0.15) is 0 Å². The fraction of sp³-hybridized carbons (Fsp3) is 0.815. The van der Waals surface area contributed by atoms with Gasteiger partial charge in [-0.05, 0) is 73.2 Å². The van der Waals surface area contributed by atoms with E-state index >= 15 is 0 Å². The van der Waals surface area contributed by atoms with Crippen molar-refractivity contribution in [1.29, 1.82) is 0 Å². The van der Waals surface area contributed by atoms with Gasteiger partial charge in [-0.1, -0.05) is 40.2 Å². The third kappa shape index (κ3) is 3.91. The predicted octanol–water partition coefficient (Wildman–Crippen LogP) is 3.77. The highest BCUT2D eigenvalue weighted by molar-refractivity contribution is 5.92. The molecule has 0 aromatic carbocycles. The van der Waals surface area contributed by atoms with Crippen molar-refractivity contribution >= 4 is 17.5 Å². The number of rotatable bonds is 4. The molecular formula is C27H40O6. The summed E-state index contributed by atoms with van der Waals surface area (Å²) in [6.07, 6.45) is 5.72. The summed E-state index contributed by atoms with van der Waals surface area (Å²) in [4.78, 5) is 37.4. The molecule has 3 fully saturated rings. The van der Waals surface area contributed by atoms with Gasteiger partial charge in [0, 0.05) is 11.8 Å². The molecule has 0 radical (unpaired) electrons. The zero-order chi connectivity index (χ0) is 24.4. The van der Waals surface area contributed by atoms with Crippen LogP contribution in [0.25, 0.3) is 0 Å². The Balaban J connectivity index is 1.55. The second kappa shape index (κ2) is 8.01. The number of Topliss-reactive ketones (excluding diaryl/α,β-unsaturated/α-hetero) is 1. The zero-order valence-corrected chi connectivity index (χ0v) is 20.8. The smallest absolute Gasteiger partial charge is 0.306 e. The second-order valence-corrected chi connectivity index (χ2v) is 12.8.